The van der Waals surface area contributed by atoms with Crippen molar-refractivity contribution in [1.82, 2.24) is 4.98 Å². The first kappa shape index (κ1) is 19.5. The molecular formula is C29H32IrN-. The first-order valence-corrected chi connectivity index (χ1v) is 12.8. The van der Waals surface area contributed by atoms with Crippen molar-refractivity contribution < 1.29 is 20.1 Å². The molecule has 2 aromatic rings. The van der Waals surface area contributed by atoms with E-state index in [0.29, 0.717) is 0 Å². The van der Waals surface area contributed by atoms with Gasteiger partial charge in [0, 0.05) is 26.3 Å². The van der Waals surface area contributed by atoms with E-state index in [4.69, 9.17) is 4.98 Å². The minimum atomic E-state index is 0. The number of benzene rings is 1. The van der Waals surface area contributed by atoms with E-state index in [1.165, 1.54) is 75.5 Å². The zero-order valence-electron chi connectivity index (χ0n) is 18.3. The monoisotopic (exact) mass is 587 g/mol. The molecule has 0 amide bonds. The molecule has 8 aliphatic carbocycles. The molecule has 8 bridgehead atoms. The molecule has 1 heterocycles. The van der Waals surface area contributed by atoms with Crippen LogP contribution in [-0.4, -0.2) is 4.98 Å². The number of hydrogen-bond acceptors (Lipinski definition) is 1. The summed E-state index contributed by atoms with van der Waals surface area (Å²) in [6.45, 7) is 0. The number of rotatable bonds is 1. The van der Waals surface area contributed by atoms with Gasteiger partial charge in [-0.1, -0.05) is 18.9 Å². The fourth-order valence-electron chi connectivity index (χ4n) is 9.41. The van der Waals surface area contributed by atoms with E-state index in [-0.39, 0.29) is 20.1 Å². The summed E-state index contributed by atoms with van der Waals surface area (Å²) in [6, 6.07) is 11.1. The Kier molecular flexibility index (Phi) is 4.40. The van der Waals surface area contributed by atoms with Crippen molar-refractivity contribution in [2.75, 3.05) is 0 Å². The normalized spacial score (nSPS) is 40.6. The Balaban J connectivity index is 0.00000171. The van der Waals surface area contributed by atoms with Crippen LogP contribution >= 0.6 is 0 Å². The molecule has 8 aliphatic rings. The van der Waals surface area contributed by atoms with Crippen LogP contribution in [0, 0.1) is 29.7 Å². The third-order valence-electron chi connectivity index (χ3n) is 10.3. The molecule has 1 aromatic carbocycles. The van der Waals surface area contributed by atoms with E-state index in [1.54, 1.807) is 22.3 Å². The molecule has 1 nitrogen and oxygen atoms in total. The minimum Gasteiger partial charge on any atom is -0.304 e. The van der Waals surface area contributed by atoms with Gasteiger partial charge in [0.05, 0.1) is 0 Å². The van der Waals surface area contributed by atoms with E-state index in [2.05, 4.69) is 30.5 Å². The van der Waals surface area contributed by atoms with Gasteiger partial charge >= 0.3 is 0 Å². The first-order valence-electron chi connectivity index (χ1n) is 12.8. The van der Waals surface area contributed by atoms with Gasteiger partial charge in [-0.25, -0.2) is 0 Å². The molecule has 31 heavy (non-hydrogen) atoms. The van der Waals surface area contributed by atoms with Crippen LogP contribution in [0.25, 0.3) is 11.3 Å². The summed E-state index contributed by atoms with van der Waals surface area (Å²) in [4.78, 5) is 5.05. The fourth-order valence-corrected chi connectivity index (χ4v) is 9.41. The number of aromatic nitrogens is 1. The van der Waals surface area contributed by atoms with Crippen LogP contribution in [0.1, 0.15) is 110 Å². The molecule has 4 fully saturated rings. The first-order chi connectivity index (χ1) is 14.8. The molecule has 0 aliphatic heterocycles. The predicted molar refractivity (Wildman–Crippen MR) is 120 cm³/mol. The molecule has 10 rings (SSSR count). The van der Waals surface area contributed by atoms with Crippen molar-refractivity contribution in [1.29, 1.82) is 0 Å². The van der Waals surface area contributed by atoms with Gasteiger partial charge < -0.3 is 4.98 Å². The average Bonchev–Trinajstić information content (AvgIpc) is 3.03. The third kappa shape index (κ3) is 2.93. The van der Waals surface area contributed by atoms with Crippen LogP contribution in [0.2, 0.25) is 0 Å². The molecule has 0 spiro atoms. The summed E-state index contributed by atoms with van der Waals surface area (Å²) in [5.41, 5.74) is 9.06. The van der Waals surface area contributed by atoms with Gasteiger partial charge in [-0.05, 0) is 116 Å². The Morgan fingerprint density at radius 2 is 1.06 bits per heavy atom. The average molecular weight is 587 g/mol. The van der Waals surface area contributed by atoms with Gasteiger partial charge in [0.2, 0.25) is 0 Å². The Labute approximate surface area is 200 Å². The Morgan fingerprint density at radius 1 is 0.581 bits per heavy atom. The number of hydrogen-bond donors (Lipinski definition) is 0. The SMILES string of the molecule is [Ir].[c-]1cc2c(cc1-c1cc3c(cn1)C1CC4CC(C1)CC3C4)C1CC3CC(CC2C3)C1. The second-order valence-corrected chi connectivity index (χ2v) is 12.1. The summed E-state index contributed by atoms with van der Waals surface area (Å²) < 4.78 is 0. The Bertz CT molecular complexity index is 932. The van der Waals surface area contributed by atoms with Gasteiger partial charge in [0.15, 0.2) is 0 Å². The standard InChI is InChI=1S/C29H32N.Ir/c1-2-25-21-5-16-3-17(6-21)8-22(7-16)26(25)13-20(1)29-14-27-23-9-18-4-19(10-23)12-24(11-18)28(27)15-30-29;/h2,13-19,21-24H,3-12H2;/q-1;. The number of pyridine rings is 1. The van der Waals surface area contributed by atoms with Crippen LogP contribution in [0.5, 0.6) is 0 Å². The quantitative estimate of drug-likeness (QED) is 0.319. The maximum atomic E-state index is 5.05. The van der Waals surface area contributed by atoms with Crippen LogP contribution in [0.3, 0.4) is 0 Å². The van der Waals surface area contributed by atoms with Crippen LogP contribution < -0.4 is 0 Å². The van der Waals surface area contributed by atoms with Gasteiger partial charge in [-0.3, -0.25) is 0 Å². The molecule has 4 saturated carbocycles. The van der Waals surface area contributed by atoms with Crippen molar-refractivity contribution in [2.45, 2.75) is 87.9 Å². The topological polar surface area (TPSA) is 12.9 Å². The molecule has 2 heteroatoms. The van der Waals surface area contributed by atoms with Crippen molar-refractivity contribution in [3.05, 3.63) is 52.7 Å². The zero-order valence-corrected chi connectivity index (χ0v) is 20.7. The molecule has 4 atom stereocenters. The van der Waals surface area contributed by atoms with E-state index < -0.39 is 0 Å². The van der Waals surface area contributed by atoms with Crippen molar-refractivity contribution in [2.24, 2.45) is 23.7 Å². The predicted octanol–water partition coefficient (Wildman–Crippen LogP) is 7.33. The van der Waals surface area contributed by atoms with Crippen molar-refractivity contribution in [3.8, 4) is 11.3 Å². The van der Waals surface area contributed by atoms with Gasteiger partial charge in [-0.2, -0.15) is 0 Å². The van der Waals surface area contributed by atoms with E-state index in [1.807, 2.05) is 0 Å². The summed E-state index contributed by atoms with van der Waals surface area (Å²) in [5, 5.41) is 0. The summed E-state index contributed by atoms with van der Waals surface area (Å²) >= 11 is 0. The van der Waals surface area contributed by atoms with Gasteiger partial charge in [-0.15, -0.1) is 34.9 Å². The minimum absolute atomic E-state index is 0. The molecule has 0 N–H and O–H groups in total. The van der Waals surface area contributed by atoms with E-state index >= 15 is 0 Å². The molecule has 1 aromatic heterocycles. The maximum Gasteiger partial charge on any atom is 0.0198 e. The Hall–Kier alpha value is -0.981. The molecule has 1 radical (unpaired) electrons. The molecule has 163 valence electrons. The molecule has 4 unspecified atom stereocenters. The zero-order chi connectivity index (χ0) is 19.4. The second kappa shape index (κ2) is 7.01. The van der Waals surface area contributed by atoms with E-state index in [0.717, 1.165) is 47.3 Å². The van der Waals surface area contributed by atoms with Crippen LogP contribution in [-0.2, 0) is 20.1 Å². The van der Waals surface area contributed by atoms with Crippen LogP contribution in [0.15, 0.2) is 24.4 Å². The maximum absolute atomic E-state index is 5.05. The molecule has 0 saturated heterocycles. The third-order valence-corrected chi connectivity index (χ3v) is 10.3. The van der Waals surface area contributed by atoms with Crippen molar-refractivity contribution >= 4 is 0 Å². The van der Waals surface area contributed by atoms with Crippen molar-refractivity contribution in [3.63, 3.8) is 0 Å². The van der Waals surface area contributed by atoms with Crippen LogP contribution in [0.4, 0.5) is 0 Å². The van der Waals surface area contributed by atoms with Gasteiger partial charge in [0.25, 0.3) is 0 Å². The van der Waals surface area contributed by atoms with E-state index in [9.17, 15) is 0 Å². The smallest absolute Gasteiger partial charge is 0.0198 e. The largest absolute Gasteiger partial charge is 0.304 e. The Morgan fingerprint density at radius 3 is 1.65 bits per heavy atom. The van der Waals surface area contributed by atoms with Gasteiger partial charge in [0.1, 0.15) is 0 Å². The fraction of sp³-hybridized carbons (Fsp3) is 0.621. The number of nitrogens with zero attached hydrogens (tertiary/aromatic N) is 1. The summed E-state index contributed by atoms with van der Waals surface area (Å²) in [5.74, 6) is 7.13. The summed E-state index contributed by atoms with van der Waals surface area (Å²) in [7, 11) is 0. The summed E-state index contributed by atoms with van der Waals surface area (Å²) in [6.07, 6.45) is 16.8. The second-order valence-electron chi connectivity index (χ2n) is 12.1. The molecular weight excluding hydrogens is 555 g/mol.